The van der Waals surface area contributed by atoms with Crippen LogP contribution in [0.5, 0.6) is 0 Å². The van der Waals surface area contributed by atoms with Crippen molar-refractivity contribution >= 4 is 11.9 Å². The number of hydrogen-bond acceptors (Lipinski definition) is 7. The molecule has 2 aromatic carbocycles. The summed E-state index contributed by atoms with van der Waals surface area (Å²) >= 11 is 0. The summed E-state index contributed by atoms with van der Waals surface area (Å²) in [5.74, 6) is -1.46. The van der Waals surface area contributed by atoms with Crippen LogP contribution < -0.4 is 5.32 Å². The van der Waals surface area contributed by atoms with Crippen LogP contribution in [0.2, 0.25) is 0 Å². The van der Waals surface area contributed by atoms with Gasteiger partial charge in [0, 0.05) is 12.5 Å². The summed E-state index contributed by atoms with van der Waals surface area (Å²) in [5.41, 5.74) is 1.73. The number of carbonyl (C=O) groups excluding carboxylic acids is 1. The minimum atomic E-state index is -1.14. The smallest absolute Gasteiger partial charge is 0.332 e. The predicted octanol–water partition coefficient (Wildman–Crippen LogP) is 2.41. The monoisotopic (exact) mass is 471 g/mol. The van der Waals surface area contributed by atoms with Gasteiger partial charge in [-0.1, -0.05) is 60.7 Å². The first kappa shape index (κ1) is 24.3. The number of carboxylic acids is 1. The molecule has 9 nitrogen and oxygen atoms in total. The molecule has 182 valence electrons. The Labute approximate surface area is 197 Å². The van der Waals surface area contributed by atoms with Crippen LogP contribution in [0.1, 0.15) is 31.3 Å². The van der Waals surface area contributed by atoms with E-state index < -0.39 is 49.0 Å². The summed E-state index contributed by atoms with van der Waals surface area (Å²) < 4.78 is 30.3. The largest absolute Gasteiger partial charge is 0.479 e. The fourth-order valence-electron chi connectivity index (χ4n) is 4.09. The summed E-state index contributed by atoms with van der Waals surface area (Å²) in [4.78, 5) is 23.7. The van der Waals surface area contributed by atoms with Crippen LogP contribution >= 0.6 is 0 Å². The molecule has 2 fully saturated rings. The van der Waals surface area contributed by atoms with Gasteiger partial charge in [0.2, 0.25) is 5.91 Å². The number of nitrogens with one attached hydrogen (secondary N) is 1. The van der Waals surface area contributed by atoms with Crippen molar-refractivity contribution in [1.29, 1.82) is 0 Å². The van der Waals surface area contributed by atoms with Gasteiger partial charge in [0.1, 0.15) is 24.4 Å². The third-order valence-corrected chi connectivity index (χ3v) is 5.75. The van der Waals surface area contributed by atoms with Crippen LogP contribution in [0.25, 0.3) is 0 Å². The van der Waals surface area contributed by atoms with Gasteiger partial charge in [-0.3, -0.25) is 4.79 Å². The van der Waals surface area contributed by atoms with Crippen LogP contribution in [0.15, 0.2) is 60.7 Å². The van der Waals surface area contributed by atoms with Crippen LogP contribution in [-0.2, 0) is 39.9 Å². The van der Waals surface area contributed by atoms with Crippen LogP contribution in [0.3, 0.4) is 0 Å². The second-order valence-corrected chi connectivity index (χ2v) is 8.32. The number of ether oxygens (including phenoxy) is 5. The molecule has 0 saturated carbocycles. The summed E-state index contributed by atoms with van der Waals surface area (Å²) in [6.45, 7) is 3.22. The van der Waals surface area contributed by atoms with Crippen molar-refractivity contribution in [2.75, 3.05) is 6.61 Å². The second kappa shape index (κ2) is 11.1. The molecule has 2 aliphatic rings. The lowest BCUT2D eigenvalue weighted by molar-refractivity contribution is -0.351. The summed E-state index contributed by atoms with van der Waals surface area (Å²) in [5, 5.41) is 12.3. The molecule has 0 aliphatic carbocycles. The Morgan fingerprint density at radius 3 is 2.41 bits per heavy atom. The van der Waals surface area contributed by atoms with E-state index in [1.807, 2.05) is 60.7 Å². The molecule has 4 rings (SSSR count). The zero-order chi connectivity index (χ0) is 24.1. The number of hydrogen-bond donors (Lipinski definition) is 2. The highest BCUT2D eigenvalue weighted by molar-refractivity contribution is 5.73. The van der Waals surface area contributed by atoms with E-state index in [0.717, 1.165) is 11.1 Å². The summed E-state index contributed by atoms with van der Waals surface area (Å²) in [6, 6.07) is 18.1. The average molecular weight is 472 g/mol. The van der Waals surface area contributed by atoms with E-state index in [1.54, 1.807) is 0 Å². The summed E-state index contributed by atoms with van der Waals surface area (Å²) in [7, 11) is 0. The number of rotatable bonds is 8. The first-order valence-electron chi connectivity index (χ1n) is 11.2. The Hall–Kier alpha value is -2.82. The molecule has 2 N–H and O–H groups in total. The first-order chi connectivity index (χ1) is 16.4. The minimum absolute atomic E-state index is 0.184. The van der Waals surface area contributed by atoms with Gasteiger partial charge in [-0.25, -0.2) is 4.79 Å². The van der Waals surface area contributed by atoms with Gasteiger partial charge in [-0.2, -0.15) is 0 Å². The molecule has 7 atom stereocenters. The van der Waals surface area contributed by atoms with Gasteiger partial charge in [-0.15, -0.1) is 0 Å². The normalized spacial score (nSPS) is 29.6. The molecule has 9 heteroatoms. The van der Waals surface area contributed by atoms with E-state index >= 15 is 0 Å². The number of aliphatic carboxylic acids is 1. The van der Waals surface area contributed by atoms with Crippen LogP contribution in [0, 0.1) is 0 Å². The molecule has 0 aromatic heterocycles. The molecule has 1 unspecified atom stereocenters. The van der Waals surface area contributed by atoms with Crippen LogP contribution in [-0.4, -0.2) is 60.3 Å². The maximum Gasteiger partial charge on any atom is 0.332 e. The van der Waals surface area contributed by atoms with E-state index in [9.17, 15) is 14.7 Å². The fraction of sp³-hybridized carbons (Fsp3) is 0.440. The highest BCUT2D eigenvalue weighted by atomic mass is 16.8. The van der Waals surface area contributed by atoms with E-state index in [4.69, 9.17) is 23.7 Å². The highest BCUT2D eigenvalue weighted by Crippen LogP contribution is 2.36. The average Bonchev–Trinajstić information content (AvgIpc) is 2.84. The summed E-state index contributed by atoms with van der Waals surface area (Å²) in [6.07, 6.45) is -4.87. The van der Waals surface area contributed by atoms with E-state index in [1.165, 1.54) is 13.8 Å². The second-order valence-electron chi connectivity index (χ2n) is 8.32. The quantitative estimate of drug-likeness (QED) is 0.604. The van der Waals surface area contributed by atoms with E-state index in [-0.39, 0.29) is 19.1 Å². The molecule has 34 heavy (non-hydrogen) atoms. The molecule has 0 spiro atoms. The van der Waals surface area contributed by atoms with Crippen molar-refractivity contribution in [3.63, 3.8) is 0 Å². The zero-order valence-electron chi connectivity index (χ0n) is 19.0. The van der Waals surface area contributed by atoms with Crippen molar-refractivity contribution in [3.8, 4) is 0 Å². The Bertz CT molecular complexity index is 956. The molecular formula is C25H29NO8. The zero-order valence-corrected chi connectivity index (χ0v) is 19.0. The van der Waals surface area contributed by atoms with Crippen molar-refractivity contribution in [1.82, 2.24) is 5.32 Å². The molecule has 0 radical (unpaired) electrons. The molecule has 2 aromatic rings. The molecule has 2 heterocycles. The molecule has 2 aliphatic heterocycles. The standard InChI is InChI=1S/C25H29NO8/c1-15(23(28)29)32-22-20(26-16(2)27)25(30-13-17-9-5-3-6-10-17)33-19-14-31-24(34-21(19)22)18-11-7-4-8-12-18/h3-12,15,19-22,24-25H,13-14H2,1-2H3,(H,26,27)(H,28,29)/t15?,19-,20-,21-,22-,24-,25+/m1/s1. The van der Waals surface area contributed by atoms with Gasteiger partial charge in [0.05, 0.1) is 13.2 Å². The van der Waals surface area contributed by atoms with Gasteiger partial charge < -0.3 is 34.1 Å². The van der Waals surface area contributed by atoms with Gasteiger partial charge in [0.15, 0.2) is 18.7 Å². The predicted molar refractivity (Wildman–Crippen MR) is 119 cm³/mol. The fourth-order valence-corrected chi connectivity index (χ4v) is 4.09. The van der Waals surface area contributed by atoms with Crippen molar-refractivity contribution in [3.05, 3.63) is 71.8 Å². The molecule has 1 amide bonds. The number of amides is 1. The maximum absolute atomic E-state index is 12.1. The van der Waals surface area contributed by atoms with E-state index in [0.29, 0.717) is 0 Å². The van der Waals surface area contributed by atoms with Crippen molar-refractivity contribution < 1.29 is 38.4 Å². The third kappa shape index (κ3) is 5.81. The Morgan fingerprint density at radius 2 is 1.76 bits per heavy atom. The lowest BCUT2D eigenvalue weighted by Gasteiger charge is -2.49. The number of carboxylic acid groups (broad SMARTS) is 1. The molecule has 0 bridgehead atoms. The van der Waals surface area contributed by atoms with Crippen LogP contribution in [0.4, 0.5) is 0 Å². The topological polar surface area (TPSA) is 113 Å². The number of fused-ring (bicyclic) bond motifs is 1. The SMILES string of the molecule is CC(=O)N[C@H]1[C@@H](OCc2ccccc2)O[C@@H]2CO[C@@H](c3ccccc3)O[C@H]2[C@@H]1OC(C)C(=O)O. The molecule has 2 saturated heterocycles. The Morgan fingerprint density at radius 1 is 1.09 bits per heavy atom. The van der Waals surface area contributed by atoms with Gasteiger partial charge in [0.25, 0.3) is 0 Å². The lowest BCUT2D eigenvalue weighted by Crippen LogP contribution is -2.67. The number of benzene rings is 2. The molecular weight excluding hydrogens is 442 g/mol. The lowest BCUT2D eigenvalue weighted by atomic mass is 9.95. The number of carbonyl (C=O) groups is 2. The van der Waals surface area contributed by atoms with Gasteiger partial charge in [-0.05, 0) is 12.5 Å². The maximum atomic E-state index is 12.1. The van der Waals surface area contributed by atoms with Gasteiger partial charge >= 0.3 is 5.97 Å². The Kier molecular flexibility index (Phi) is 7.91. The minimum Gasteiger partial charge on any atom is -0.479 e. The van der Waals surface area contributed by atoms with E-state index in [2.05, 4.69) is 5.32 Å². The first-order valence-corrected chi connectivity index (χ1v) is 11.2. The Balaban J connectivity index is 1.59. The van der Waals surface area contributed by atoms with Crippen molar-refractivity contribution in [2.45, 2.75) is 63.5 Å². The van der Waals surface area contributed by atoms with Crippen molar-refractivity contribution in [2.24, 2.45) is 0 Å². The third-order valence-electron chi connectivity index (χ3n) is 5.75. The highest BCUT2D eigenvalue weighted by Gasteiger charge is 2.52.